The van der Waals surface area contributed by atoms with Crippen LogP contribution in [0.5, 0.6) is 17.4 Å². The first-order chi connectivity index (χ1) is 11.7. The van der Waals surface area contributed by atoms with Crippen LogP contribution in [0.4, 0.5) is 0 Å². The van der Waals surface area contributed by atoms with Crippen LogP contribution in [-0.4, -0.2) is 31.3 Å². The molecule has 6 heteroatoms. The predicted molar refractivity (Wildman–Crippen MR) is 95.2 cm³/mol. The fourth-order valence-corrected chi connectivity index (χ4v) is 3.35. The van der Waals surface area contributed by atoms with Gasteiger partial charge in [-0.05, 0) is 31.2 Å². The highest BCUT2D eigenvalue weighted by Crippen LogP contribution is 2.39. The first kappa shape index (κ1) is 16.3. The average Bonchev–Trinajstić information content (AvgIpc) is 3.03. The van der Waals surface area contributed by atoms with Gasteiger partial charge in [-0.3, -0.25) is 0 Å². The molecule has 0 aliphatic rings. The fraction of sp³-hybridized carbons (Fsp3) is 0.222. The Balaban J connectivity index is 2.12. The molecule has 1 aromatic carbocycles. The summed E-state index contributed by atoms with van der Waals surface area (Å²) in [7, 11) is 4.86. The number of aryl methyl sites for hydroxylation is 1. The summed E-state index contributed by atoms with van der Waals surface area (Å²) in [6.45, 7) is 1.98. The predicted octanol–water partition coefficient (Wildman–Crippen LogP) is 4.21. The van der Waals surface area contributed by atoms with Gasteiger partial charge in [0.2, 0.25) is 5.88 Å². The van der Waals surface area contributed by atoms with Crippen LogP contribution in [0, 0.1) is 6.92 Å². The number of thiazole rings is 1. The van der Waals surface area contributed by atoms with Gasteiger partial charge >= 0.3 is 0 Å². The van der Waals surface area contributed by atoms with E-state index in [-0.39, 0.29) is 0 Å². The summed E-state index contributed by atoms with van der Waals surface area (Å²) in [6, 6.07) is 11.5. The van der Waals surface area contributed by atoms with Gasteiger partial charge in [-0.2, -0.15) is 0 Å². The highest BCUT2D eigenvalue weighted by Gasteiger charge is 2.16. The van der Waals surface area contributed by atoms with E-state index in [1.54, 1.807) is 32.7 Å². The molecule has 0 saturated carbocycles. The minimum atomic E-state index is 0.580. The Morgan fingerprint density at radius 3 is 2.38 bits per heavy atom. The van der Waals surface area contributed by atoms with Crippen molar-refractivity contribution in [3.05, 3.63) is 41.4 Å². The molecular formula is C18H18N2O3S. The topological polar surface area (TPSA) is 53.5 Å². The fourth-order valence-electron chi connectivity index (χ4n) is 2.43. The molecule has 3 aromatic rings. The number of hydrogen-bond acceptors (Lipinski definition) is 6. The van der Waals surface area contributed by atoms with Crippen molar-refractivity contribution in [3.8, 4) is 39.2 Å². The second-order valence-electron chi connectivity index (χ2n) is 5.05. The molecule has 0 radical (unpaired) electrons. The van der Waals surface area contributed by atoms with Crippen molar-refractivity contribution < 1.29 is 14.2 Å². The van der Waals surface area contributed by atoms with E-state index in [1.807, 2.05) is 43.3 Å². The van der Waals surface area contributed by atoms with E-state index in [2.05, 4.69) is 9.97 Å². The zero-order valence-corrected chi connectivity index (χ0v) is 14.8. The molecular weight excluding hydrogens is 324 g/mol. The molecule has 3 rings (SSSR count). The molecule has 0 amide bonds. The van der Waals surface area contributed by atoms with Crippen LogP contribution < -0.4 is 14.2 Å². The lowest BCUT2D eigenvalue weighted by Crippen LogP contribution is -1.92. The first-order valence-electron chi connectivity index (χ1n) is 7.37. The summed E-state index contributed by atoms with van der Waals surface area (Å²) < 4.78 is 15.9. The van der Waals surface area contributed by atoms with Crippen molar-refractivity contribution in [2.75, 3.05) is 21.3 Å². The van der Waals surface area contributed by atoms with E-state index < -0.39 is 0 Å². The van der Waals surface area contributed by atoms with Gasteiger partial charge in [-0.1, -0.05) is 6.07 Å². The SMILES string of the molecule is COc1cccc(-c2sc(C)nc2-c2ccc(OC)c(OC)c2)n1. The molecule has 0 N–H and O–H groups in total. The number of ether oxygens (including phenoxy) is 3. The standard InChI is InChI=1S/C18H18N2O3S/c1-11-19-17(12-8-9-14(21-2)15(10-12)22-3)18(24-11)13-6-5-7-16(20-13)23-4/h5-10H,1-4H3. The maximum atomic E-state index is 5.40. The van der Waals surface area contributed by atoms with Crippen molar-refractivity contribution in [3.63, 3.8) is 0 Å². The average molecular weight is 342 g/mol. The van der Waals surface area contributed by atoms with Crippen LogP contribution >= 0.6 is 11.3 Å². The van der Waals surface area contributed by atoms with Crippen LogP contribution in [0.3, 0.4) is 0 Å². The van der Waals surface area contributed by atoms with Gasteiger partial charge in [0.1, 0.15) is 0 Å². The number of rotatable bonds is 5. The van der Waals surface area contributed by atoms with Crippen LogP contribution in [0.1, 0.15) is 5.01 Å². The lowest BCUT2D eigenvalue weighted by atomic mass is 10.1. The van der Waals surface area contributed by atoms with Crippen LogP contribution in [-0.2, 0) is 0 Å². The lowest BCUT2D eigenvalue weighted by molar-refractivity contribution is 0.355. The van der Waals surface area contributed by atoms with E-state index in [4.69, 9.17) is 14.2 Å². The van der Waals surface area contributed by atoms with Crippen molar-refractivity contribution >= 4 is 11.3 Å². The van der Waals surface area contributed by atoms with Gasteiger partial charge in [0, 0.05) is 11.6 Å². The van der Waals surface area contributed by atoms with Crippen molar-refractivity contribution in [1.82, 2.24) is 9.97 Å². The van der Waals surface area contributed by atoms with Gasteiger partial charge in [-0.15, -0.1) is 11.3 Å². The second-order valence-corrected chi connectivity index (χ2v) is 6.25. The number of nitrogens with zero attached hydrogens (tertiary/aromatic N) is 2. The van der Waals surface area contributed by atoms with Gasteiger partial charge in [0.25, 0.3) is 0 Å². The molecule has 0 atom stereocenters. The highest BCUT2D eigenvalue weighted by molar-refractivity contribution is 7.15. The van der Waals surface area contributed by atoms with Crippen LogP contribution in [0.2, 0.25) is 0 Å². The third-order valence-corrected chi connectivity index (χ3v) is 4.55. The third-order valence-electron chi connectivity index (χ3n) is 3.56. The molecule has 0 spiro atoms. The molecule has 24 heavy (non-hydrogen) atoms. The Morgan fingerprint density at radius 2 is 1.67 bits per heavy atom. The molecule has 5 nitrogen and oxygen atoms in total. The van der Waals surface area contributed by atoms with E-state index >= 15 is 0 Å². The maximum Gasteiger partial charge on any atom is 0.213 e. The molecule has 124 valence electrons. The number of hydrogen-bond donors (Lipinski definition) is 0. The molecule has 0 fully saturated rings. The number of aromatic nitrogens is 2. The number of pyridine rings is 1. The Hall–Kier alpha value is -2.60. The zero-order chi connectivity index (χ0) is 17.1. The monoisotopic (exact) mass is 342 g/mol. The van der Waals surface area contributed by atoms with Crippen LogP contribution in [0.25, 0.3) is 21.8 Å². The lowest BCUT2D eigenvalue weighted by Gasteiger charge is -2.09. The van der Waals surface area contributed by atoms with Gasteiger partial charge in [0.15, 0.2) is 11.5 Å². The molecule has 0 aliphatic heterocycles. The smallest absolute Gasteiger partial charge is 0.213 e. The molecule has 0 aliphatic carbocycles. The quantitative estimate of drug-likeness (QED) is 0.695. The van der Waals surface area contributed by atoms with E-state index in [0.717, 1.165) is 26.8 Å². The van der Waals surface area contributed by atoms with Crippen LogP contribution in [0.15, 0.2) is 36.4 Å². The number of benzene rings is 1. The Bertz CT molecular complexity index is 861. The molecule has 0 bridgehead atoms. The number of methoxy groups -OCH3 is 3. The summed E-state index contributed by atoms with van der Waals surface area (Å²) >= 11 is 1.60. The molecule has 0 unspecified atom stereocenters. The minimum absolute atomic E-state index is 0.580. The van der Waals surface area contributed by atoms with Crippen molar-refractivity contribution in [2.24, 2.45) is 0 Å². The summed E-state index contributed by atoms with van der Waals surface area (Å²) in [6.07, 6.45) is 0. The maximum absolute atomic E-state index is 5.40. The Morgan fingerprint density at radius 1 is 0.875 bits per heavy atom. The minimum Gasteiger partial charge on any atom is -0.493 e. The summed E-state index contributed by atoms with van der Waals surface area (Å²) in [5.41, 5.74) is 2.67. The van der Waals surface area contributed by atoms with Crippen molar-refractivity contribution in [2.45, 2.75) is 6.92 Å². The molecule has 0 saturated heterocycles. The van der Waals surface area contributed by atoms with E-state index in [0.29, 0.717) is 17.4 Å². The third kappa shape index (κ3) is 3.05. The van der Waals surface area contributed by atoms with Crippen molar-refractivity contribution in [1.29, 1.82) is 0 Å². The first-order valence-corrected chi connectivity index (χ1v) is 8.19. The van der Waals surface area contributed by atoms with Gasteiger partial charge < -0.3 is 14.2 Å². The highest BCUT2D eigenvalue weighted by atomic mass is 32.1. The van der Waals surface area contributed by atoms with E-state index in [9.17, 15) is 0 Å². The second kappa shape index (κ2) is 6.88. The molecule has 2 heterocycles. The largest absolute Gasteiger partial charge is 0.493 e. The van der Waals surface area contributed by atoms with Gasteiger partial charge in [-0.25, -0.2) is 9.97 Å². The van der Waals surface area contributed by atoms with E-state index in [1.165, 1.54) is 0 Å². The summed E-state index contributed by atoms with van der Waals surface area (Å²) in [5.74, 6) is 1.94. The summed E-state index contributed by atoms with van der Waals surface area (Å²) in [4.78, 5) is 10.2. The zero-order valence-electron chi connectivity index (χ0n) is 14.0. The Kier molecular flexibility index (Phi) is 4.66. The Labute approximate surface area is 144 Å². The normalized spacial score (nSPS) is 10.5. The summed E-state index contributed by atoms with van der Waals surface area (Å²) in [5, 5.41) is 0.972. The van der Waals surface area contributed by atoms with Gasteiger partial charge in [0.05, 0.1) is 42.6 Å². The molecule has 2 aromatic heterocycles.